The molecule has 0 spiro atoms. The van der Waals surface area contributed by atoms with Crippen molar-refractivity contribution in [2.75, 3.05) is 30.5 Å². The van der Waals surface area contributed by atoms with Gasteiger partial charge in [-0.25, -0.2) is 12.7 Å². The van der Waals surface area contributed by atoms with Crippen molar-refractivity contribution >= 4 is 44.1 Å². The molecule has 1 atom stereocenters. The van der Waals surface area contributed by atoms with Crippen molar-refractivity contribution in [3.05, 3.63) is 49.5 Å². The molecule has 1 aromatic carbocycles. The Hall–Kier alpha value is -2.63. The fourth-order valence-corrected chi connectivity index (χ4v) is 5.44. The summed E-state index contributed by atoms with van der Waals surface area (Å²) in [6.07, 6.45) is 2.31. The largest absolute Gasteiger partial charge is 0.467 e. The van der Waals surface area contributed by atoms with Gasteiger partial charge in [0.15, 0.2) is 4.21 Å². The van der Waals surface area contributed by atoms with Gasteiger partial charge in [0.25, 0.3) is 20.9 Å². The van der Waals surface area contributed by atoms with E-state index in [-0.39, 0.29) is 33.0 Å². The lowest BCUT2D eigenvalue weighted by molar-refractivity contribution is 0.472. The molecular weight excluding hydrogens is 440 g/mol. The van der Waals surface area contributed by atoms with Crippen LogP contribution in [0.25, 0.3) is 0 Å². The number of nitrogen functional groups attached to an aromatic ring is 1. The van der Waals surface area contributed by atoms with E-state index in [1.807, 2.05) is 13.0 Å². The molecule has 0 aliphatic carbocycles. The van der Waals surface area contributed by atoms with Crippen molar-refractivity contribution in [2.45, 2.75) is 43.4 Å². The average Bonchev–Trinajstić information content (AvgIpc) is 3.34. The topological polar surface area (TPSA) is 135 Å². The zero-order chi connectivity index (χ0) is 23.1. The SMILES string of the molecule is CC[C@@H](Nc1c(Nc2csc(S(=O)(=O)N(C)C)c2N)c(=O)c1=O)c1cc(C(C)C)co1. The van der Waals surface area contributed by atoms with Crippen LogP contribution in [0.3, 0.4) is 0 Å². The number of nitrogens with zero attached hydrogens (tertiary/aromatic N) is 1. The van der Waals surface area contributed by atoms with Gasteiger partial charge >= 0.3 is 0 Å². The van der Waals surface area contributed by atoms with E-state index < -0.39 is 20.9 Å². The molecule has 3 rings (SSSR count). The van der Waals surface area contributed by atoms with Crippen LogP contribution in [0.4, 0.5) is 22.7 Å². The molecule has 0 aliphatic rings. The summed E-state index contributed by atoms with van der Waals surface area (Å²) in [5.74, 6) is 0.965. The predicted octanol–water partition coefficient (Wildman–Crippen LogP) is 3.20. The Morgan fingerprint density at radius 1 is 1.19 bits per heavy atom. The monoisotopic (exact) mass is 466 g/mol. The van der Waals surface area contributed by atoms with E-state index in [0.717, 1.165) is 21.2 Å². The van der Waals surface area contributed by atoms with E-state index >= 15 is 0 Å². The summed E-state index contributed by atoms with van der Waals surface area (Å²) in [6.45, 7) is 6.04. The van der Waals surface area contributed by atoms with Gasteiger partial charge in [0.1, 0.15) is 17.1 Å². The number of rotatable bonds is 9. The Bertz CT molecular complexity index is 1260. The average molecular weight is 467 g/mol. The molecule has 3 aromatic rings. The first-order valence-electron chi connectivity index (χ1n) is 9.73. The molecule has 11 heteroatoms. The number of anilines is 4. The molecule has 9 nitrogen and oxygen atoms in total. The molecule has 0 saturated heterocycles. The van der Waals surface area contributed by atoms with Gasteiger partial charge in [-0.05, 0) is 24.0 Å². The zero-order valence-corrected chi connectivity index (χ0v) is 19.6. The Labute approximate surface area is 184 Å². The molecule has 0 fully saturated rings. The summed E-state index contributed by atoms with van der Waals surface area (Å²) < 4.78 is 31.4. The molecule has 31 heavy (non-hydrogen) atoms. The summed E-state index contributed by atoms with van der Waals surface area (Å²) in [7, 11) is -0.907. The van der Waals surface area contributed by atoms with E-state index in [4.69, 9.17) is 10.2 Å². The highest BCUT2D eigenvalue weighted by molar-refractivity contribution is 7.91. The molecule has 0 amide bonds. The maximum absolute atomic E-state index is 12.4. The standard InChI is InChI=1S/C20H26N4O5S2/c1-6-12(14-7-11(8-29-14)10(2)3)22-16-17(19(26)18(16)25)23-13-9-30-20(15(13)21)31(27,28)24(4)5/h7-10,12,22-23H,6,21H2,1-5H3/t12-/m1/s1. The fourth-order valence-electron chi connectivity index (χ4n) is 3.00. The molecule has 0 aliphatic heterocycles. The smallest absolute Gasteiger partial charge is 0.254 e. The van der Waals surface area contributed by atoms with E-state index in [1.165, 1.54) is 19.5 Å². The van der Waals surface area contributed by atoms with Crippen molar-refractivity contribution in [1.82, 2.24) is 4.31 Å². The second kappa shape index (κ2) is 8.48. The normalized spacial score (nSPS) is 13.3. The fraction of sp³-hybridized carbons (Fsp3) is 0.400. The summed E-state index contributed by atoms with van der Waals surface area (Å²) in [4.78, 5) is 24.4. The molecule has 168 valence electrons. The van der Waals surface area contributed by atoms with Gasteiger partial charge in [0.2, 0.25) is 0 Å². The van der Waals surface area contributed by atoms with Crippen molar-refractivity contribution in [3.8, 4) is 0 Å². The lowest BCUT2D eigenvalue weighted by atomic mass is 10.0. The molecule has 0 saturated carbocycles. The molecule has 2 aromatic heterocycles. The highest BCUT2D eigenvalue weighted by atomic mass is 32.2. The van der Waals surface area contributed by atoms with E-state index in [1.54, 1.807) is 6.26 Å². The molecule has 0 bridgehead atoms. The number of hydrogen-bond acceptors (Lipinski definition) is 9. The van der Waals surface area contributed by atoms with Crippen LogP contribution in [-0.4, -0.2) is 26.8 Å². The van der Waals surface area contributed by atoms with Gasteiger partial charge in [-0.1, -0.05) is 20.8 Å². The number of nitrogens with two attached hydrogens (primary N) is 1. The van der Waals surface area contributed by atoms with E-state index in [0.29, 0.717) is 18.1 Å². The van der Waals surface area contributed by atoms with Gasteiger partial charge in [-0.15, -0.1) is 11.3 Å². The lowest BCUT2D eigenvalue weighted by Crippen LogP contribution is -2.37. The third kappa shape index (κ3) is 4.12. The molecule has 4 N–H and O–H groups in total. The minimum atomic E-state index is -3.72. The van der Waals surface area contributed by atoms with Crippen molar-refractivity contribution in [2.24, 2.45) is 0 Å². The Kier molecular flexibility index (Phi) is 6.30. The van der Waals surface area contributed by atoms with Crippen LogP contribution < -0.4 is 27.2 Å². The first-order chi connectivity index (χ1) is 14.5. The lowest BCUT2D eigenvalue weighted by Gasteiger charge is -2.20. The second-order valence-corrected chi connectivity index (χ2v) is 10.9. The van der Waals surface area contributed by atoms with Crippen LogP contribution in [0, 0.1) is 0 Å². The van der Waals surface area contributed by atoms with Crippen LogP contribution >= 0.6 is 11.3 Å². The first-order valence-corrected chi connectivity index (χ1v) is 12.1. The van der Waals surface area contributed by atoms with Gasteiger partial charge in [0.05, 0.1) is 23.7 Å². The first kappa shape index (κ1) is 23.0. The van der Waals surface area contributed by atoms with Crippen LogP contribution in [0.1, 0.15) is 50.5 Å². The van der Waals surface area contributed by atoms with Gasteiger partial charge in [0, 0.05) is 19.5 Å². The van der Waals surface area contributed by atoms with E-state index in [2.05, 4.69) is 24.5 Å². The van der Waals surface area contributed by atoms with Crippen LogP contribution in [0.2, 0.25) is 0 Å². The van der Waals surface area contributed by atoms with Crippen molar-refractivity contribution in [3.63, 3.8) is 0 Å². The number of furan rings is 1. The summed E-state index contributed by atoms with van der Waals surface area (Å²) in [6, 6.07) is 1.63. The van der Waals surface area contributed by atoms with Crippen LogP contribution in [0.15, 0.2) is 35.9 Å². The van der Waals surface area contributed by atoms with E-state index in [9.17, 15) is 18.0 Å². The minimum absolute atomic E-state index is 0.00245. The Balaban J connectivity index is 1.88. The number of hydrogen-bond donors (Lipinski definition) is 3. The van der Waals surface area contributed by atoms with Gasteiger partial charge in [-0.3, -0.25) is 9.59 Å². The third-order valence-corrected chi connectivity index (χ3v) is 8.41. The maximum Gasteiger partial charge on any atom is 0.254 e. The summed E-state index contributed by atoms with van der Waals surface area (Å²) in [5.41, 5.74) is 6.15. The molecular formula is C20H26N4O5S2. The van der Waals surface area contributed by atoms with Crippen molar-refractivity contribution < 1.29 is 12.8 Å². The number of nitrogens with one attached hydrogen (secondary N) is 2. The summed E-state index contributed by atoms with van der Waals surface area (Å²) >= 11 is 0.941. The van der Waals surface area contributed by atoms with Crippen LogP contribution in [-0.2, 0) is 10.0 Å². The van der Waals surface area contributed by atoms with Gasteiger partial charge < -0.3 is 20.8 Å². The highest BCUT2D eigenvalue weighted by Crippen LogP contribution is 2.38. The quantitative estimate of drug-likeness (QED) is 0.409. The summed E-state index contributed by atoms with van der Waals surface area (Å²) in [5, 5.41) is 7.42. The van der Waals surface area contributed by atoms with Gasteiger partial charge in [-0.2, -0.15) is 0 Å². The van der Waals surface area contributed by atoms with Crippen LogP contribution in [0.5, 0.6) is 0 Å². The number of thiophene rings is 1. The van der Waals surface area contributed by atoms with Crippen molar-refractivity contribution in [1.29, 1.82) is 0 Å². The molecule has 0 radical (unpaired) electrons. The third-order valence-electron chi connectivity index (χ3n) is 5.06. The zero-order valence-electron chi connectivity index (χ0n) is 18.0. The highest BCUT2D eigenvalue weighted by Gasteiger charge is 2.28. The second-order valence-electron chi connectivity index (χ2n) is 7.71. The maximum atomic E-state index is 12.4. The number of sulfonamides is 1. The Morgan fingerprint density at radius 2 is 1.84 bits per heavy atom. The molecule has 2 heterocycles. The molecule has 0 unspecified atom stereocenters. The minimum Gasteiger partial charge on any atom is -0.467 e. The predicted molar refractivity (Wildman–Crippen MR) is 124 cm³/mol. The Morgan fingerprint density at radius 3 is 2.39 bits per heavy atom.